The lowest BCUT2D eigenvalue weighted by atomic mass is 10.1. The lowest BCUT2D eigenvalue weighted by Gasteiger charge is -2.26. The Balaban J connectivity index is 2.09. The van der Waals surface area contributed by atoms with Crippen molar-refractivity contribution in [2.24, 2.45) is 0 Å². The van der Waals surface area contributed by atoms with Gasteiger partial charge in [0.25, 0.3) is 5.91 Å². The van der Waals surface area contributed by atoms with E-state index in [0.29, 0.717) is 24.2 Å². The number of carbonyl (C=O) groups is 2. The van der Waals surface area contributed by atoms with E-state index in [9.17, 15) is 18.0 Å². The van der Waals surface area contributed by atoms with Gasteiger partial charge in [-0.1, -0.05) is 12.1 Å². The van der Waals surface area contributed by atoms with Gasteiger partial charge in [-0.15, -0.1) is 0 Å². The number of amides is 2. The summed E-state index contributed by atoms with van der Waals surface area (Å²) in [4.78, 5) is 24.9. The minimum atomic E-state index is -3.09. The lowest BCUT2D eigenvalue weighted by molar-refractivity contribution is -0.123. The zero-order valence-corrected chi connectivity index (χ0v) is 11.9. The molecule has 0 bridgehead atoms. The number of nitrogens with zero attached hydrogens (tertiary/aromatic N) is 1. The Kier molecular flexibility index (Phi) is 4.08. The molecule has 2 amide bonds. The van der Waals surface area contributed by atoms with Gasteiger partial charge in [0, 0.05) is 24.9 Å². The SMILES string of the molecule is CS(=O)(=O)Cc1ccc(C(=O)N2CCNC(=O)C2)cc1. The molecule has 6 nitrogen and oxygen atoms in total. The highest BCUT2D eigenvalue weighted by atomic mass is 32.2. The number of sulfone groups is 1. The summed E-state index contributed by atoms with van der Waals surface area (Å²) in [6.45, 7) is 0.996. The van der Waals surface area contributed by atoms with Gasteiger partial charge >= 0.3 is 0 Å². The number of carbonyl (C=O) groups excluding carboxylic acids is 2. The summed E-state index contributed by atoms with van der Waals surface area (Å²) in [5.41, 5.74) is 1.09. The molecule has 1 aliphatic heterocycles. The summed E-state index contributed by atoms with van der Waals surface area (Å²) in [7, 11) is -3.09. The van der Waals surface area contributed by atoms with Crippen molar-refractivity contribution in [2.75, 3.05) is 25.9 Å². The molecule has 108 valence electrons. The molecule has 0 aliphatic carbocycles. The summed E-state index contributed by atoms with van der Waals surface area (Å²) in [6, 6.07) is 6.43. The molecule has 0 radical (unpaired) electrons. The standard InChI is InChI=1S/C13H16N2O4S/c1-20(18,19)9-10-2-4-11(5-3-10)13(17)15-7-6-14-12(16)8-15/h2-5H,6-9H2,1H3,(H,14,16). The van der Waals surface area contributed by atoms with Crippen molar-refractivity contribution in [2.45, 2.75) is 5.75 Å². The maximum Gasteiger partial charge on any atom is 0.254 e. The zero-order valence-electron chi connectivity index (χ0n) is 11.1. The molecule has 0 aromatic heterocycles. The molecule has 20 heavy (non-hydrogen) atoms. The van der Waals surface area contributed by atoms with Gasteiger partial charge < -0.3 is 10.2 Å². The molecule has 0 atom stereocenters. The predicted octanol–water partition coefficient (Wildman–Crippen LogP) is -0.197. The monoisotopic (exact) mass is 296 g/mol. The maximum absolute atomic E-state index is 12.2. The second kappa shape index (κ2) is 5.62. The molecule has 0 saturated carbocycles. The normalized spacial score (nSPS) is 15.8. The van der Waals surface area contributed by atoms with Crippen LogP contribution in [0.3, 0.4) is 0 Å². The topological polar surface area (TPSA) is 83.6 Å². The molecule has 1 saturated heterocycles. The smallest absolute Gasteiger partial charge is 0.254 e. The Morgan fingerprint density at radius 2 is 1.95 bits per heavy atom. The second-order valence-electron chi connectivity index (χ2n) is 4.84. The highest BCUT2D eigenvalue weighted by Crippen LogP contribution is 2.11. The Morgan fingerprint density at radius 1 is 1.30 bits per heavy atom. The van der Waals surface area contributed by atoms with Crippen LogP contribution in [0.2, 0.25) is 0 Å². The fraction of sp³-hybridized carbons (Fsp3) is 0.385. The number of hydrogen-bond acceptors (Lipinski definition) is 4. The molecule has 1 aromatic carbocycles. The summed E-state index contributed by atoms with van der Waals surface area (Å²) in [5.74, 6) is -0.433. The third-order valence-corrected chi connectivity index (χ3v) is 3.81. The first kappa shape index (κ1) is 14.5. The van der Waals surface area contributed by atoms with Crippen LogP contribution >= 0.6 is 0 Å². The van der Waals surface area contributed by atoms with Crippen LogP contribution in [0.4, 0.5) is 0 Å². The molecule has 7 heteroatoms. The quantitative estimate of drug-likeness (QED) is 0.837. The van der Waals surface area contributed by atoms with Gasteiger partial charge in [-0.05, 0) is 17.7 Å². The molecule has 1 aromatic rings. The number of hydrogen-bond donors (Lipinski definition) is 1. The Morgan fingerprint density at radius 3 is 2.50 bits per heavy atom. The highest BCUT2D eigenvalue weighted by molar-refractivity contribution is 7.89. The number of benzene rings is 1. The van der Waals surface area contributed by atoms with Crippen LogP contribution in [0, 0.1) is 0 Å². The fourth-order valence-electron chi connectivity index (χ4n) is 2.04. The van der Waals surface area contributed by atoms with Crippen LogP contribution in [0.25, 0.3) is 0 Å². The number of nitrogens with one attached hydrogen (secondary N) is 1. The van der Waals surface area contributed by atoms with Gasteiger partial charge in [-0.25, -0.2) is 8.42 Å². The molecular weight excluding hydrogens is 280 g/mol. The van der Waals surface area contributed by atoms with Crippen molar-refractivity contribution in [1.82, 2.24) is 10.2 Å². The van der Waals surface area contributed by atoms with Crippen LogP contribution in [0.1, 0.15) is 15.9 Å². The Labute approximate surface area is 117 Å². The van der Waals surface area contributed by atoms with Gasteiger partial charge in [0.2, 0.25) is 5.91 Å². The predicted molar refractivity (Wildman–Crippen MR) is 73.9 cm³/mol. The average Bonchev–Trinajstić information content (AvgIpc) is 2.37. The summed E-state index contributed by atoms with van der Waals surface area (Å²) in [5, 5.41) is 2.65. The molecule has 0 spiro atoms. The second-order valence-corrected chi connectivity index (χ2v) is 6.98. The van der Waals surface area contributed by atoms with Crippen molar-refractivity contribution in [3.8, 4) is 0 Å². The largest absolute Gasteiger partial charge is 0.353 e. The van der Waals surface area contributed by atoms with Gasteiger partial charge in [-0.2, -0.15) is 0 Å². The van der Waals surface area contributed by atoms with Gasteiger partial charge in [0.15, 0.2) is 9.84 Å². The van der Waals surface area contributed by atoms with E-state index < -0.39 is 9.84 Å². The molecule has 1 aliphatic rings. The Bertz CT molecular complexity index is 622. The van der Waals surface area contributed by atoms with E-state index in [1.165, 1.54) is 11.2 Å². The minimum absolute atomic E-state index is 0.0480. The van der Waals surface area contributed by atoms with Crippen molar-refractivity contribution in [1.29, 1.82) is 0 Å². The third-order valence-electron chi connectivity index (χ3n) is 2.96. The van der Waals surface area contributed by atoms with Gasteiger partial charge in [0.05, 0.1) is 12.3 Å². The number of rotatable bonds is 3. The average molecular weight is 296 g/mol. The van der Waals surface area contributed by atoms with Crippen molar-refractivity contribution >= 4 is 21.7 Å². The van der Waals surface area contributed by atoms with Crippen molar-refractivity contribution in [3.63, 3.8) is 0 Å². The first-order chi connectivity index (χ1) is 9.35. The zero-order chi connectivity index (χ0) is 14.8. The summed E-state index contributed by atoms with van der Waals surface area (Å²) < 4.78 is 22.4. The van der Waals surface area contributed by atoms with E-state index in [1.807, 2.05) is 0 Å². The highest BCUT2D eigenvalue weighted by Gasteiger charge is 2.22. The van der Waals surface area contributed by atoms with Crippen molar-refractivity contribution < 1.29 is 18.0 Å². The van der Waals surface area contributed by atoms with E-state index in [0.717, 1.165) is 0 Å². The van der Waals surface area contributed by atoms with Crippen LogP contribution < -0.4 is 5.32 Å². The first-order valence-electron chi connectivity index (χ1n) is 6.18. The molecule has 1 N–H and O–H groups in total. The molecule has 1 heterocycles. The number of piperazine rings is 1. The summed E-state index contributed by atoms with van der Waals surface area (Å²) in [6.07, 6.45) is 1.17. The van der Waals surface area contributed by atoms with E-state index in [-0.39, 0.29) is 24.1 Å². The maximum atomic E-state index is 12.2. The molecule has 0 unspecified atom stereocenters. The van der Waals surface area contributed by atoms with Crippen LogP contribution in [-0.2, 0) is 20.4 Å². The molecule has 2 rings (SSSR count). The van der Waals surface area contributed by atoms with E-state index in [4.69, 9.17) is 0 Å². The lowest BCUT2D eigenvalue weighted by Crippen LogP contribution is -2.49. The summed E-state index contributed by atoms with van der Waals surface area (Å²) >= 11 is 0. The van der Waals surface area contributed by atoms with Gasteiger partial charge in [0.1, 0.15) is 0 Å². The molecular formula is C13H16N2O4S. The molecule has 1 fully saturated rings. The van der Waals surface area contributed by atoms with Crippen molar-refractivity contribution in [3.05, 3.63) is 35.4 Å². The van der Waals surface area contributed by atoms with Crippen LogP contribution in [0.15, 0.2) is 24.3 Å². The van der Waals surface area contributed by atoms with Crippen LogP contribution in [0.5, 0.6) is 0 Å². The van der Waals surface area contributed by atoms with E-state index in [1.54, 1.807) is 24.3 Å². The third kappa shape index (κ3) is 3.80. The van der Waals surface area contributed by atoms with E-state index >= 15 is 0 Å². The Hall–Kier alpha value is -1.89. The van der Waals surface area contributed by atoms with Crippen LogP contribution in [-0.4, -0.2) is 51.0 Å². The van der Waals surface area contributed by atoms with Gasteiger partial charge in [-0.3, -0.25) is 9.59 Å². The van der Waals surface area contributed by atoms with E-state index in [2.05, 4.69) is 5.32 Å². The minimum Gasteiger partial charge on any atom is -0.353 e. The fourth-order valence-corrected chi connectivity index (χ4v) is 2.84. The first-order valence-corrected chi connectivity index (χ1v) is 8.24.